The van der Waals surface area contributed by atoms with Crippen molar-refractivity contribution < 1.29 is 8.42 Å². The predicted molar refractivity (Wildman–Crippen MR) is 93.5 cm³/mol. The SMILES string of the molecule is C[C@H](NS(=O)(=O)c1cccc(C#N)c1)c1ccc(-n2ccnc2)cc1. The molecule has 0 radical (unpaired) electrons. The average Bonchev–Trinajstić information content (AvgIpc) is 3.16. The monoisotopic (exact) mass is 352 g/mol. The largest absolute Gasteiger partial charge is 0.306 e. The zero-order valence-electron chi connectivity index (χ0n) is 13.5. The van der Waals surface area contributed by atoms with Gasteiger partial charge in [0.2, 0.25) is 10.0 Å². The molecule has 0 spiro atoms. The number of sulfonamides is 1. The standard InChI is InChI=1S/C18H16N4O2S/c1-14(16-5-7-17(8-6-16)22-10-9-20-13-22)21-25(23,24)18-4-2-3-15(11-18)12-19/h2-11,13-14,21H,1H3/t14-/m0/s1. The lowest BCUT2D eigenvalue weighted by Gasteiger charge is -2.15. The fourth-order valence-electron chi connectivity index (χ4n) is 2.45. The molecule has 6 nitrogen and oxygen atoms in total. The molecule has 0 fully saturated rings. The van der Waals surface area contributed by atoms with Crippen LogP contribution in [0.5, 0.6) is 0 Å². The number of hydrogen-bond donors (Lipinski definition) is 1. The molecule has 0 saturated heterocycles. The van der Waals surface area contributed by atoms with E-state index in [2.05, 4.69) is 9.71 Å². The van der Waals surface area contributed by atoms with E-state index in [1.807, 2.05) is 41.1 Å². The molecule has 126 valence electrons. The van der Waals surface area contributed by atoms with Crippen molar-refractivity contribution in [3.63, 3.8) is 0 Å². The first-order valence-electron chi connectivity index (χ1n) is 7.60. The molecule has 0 aliphatic heterocycles. The van der Waals surface area contributed by atoms with Crippen LogP contribution in [0.3, 0.4) is 0 Å². The number of imidazole rings is 1. The lowest BCUT2D eigenvalue weighted by atomic mass is 10.1. The fraction of sp³-hybridized carbons (Fsp3) is 0.111. The molecule has 0 bridgehead atoms. The van der Waals surface area contributed by atoms with E-state index in [9.17, 15) is 8.42 Å². The normalized spacial score (nSPS) is 12.5. The second-order valence-electron chi connectivity index (χ2n) is 5.54. The lowest BCUT2D eigenvalue weighted by Crippen LogP contribution is -2.27. The number of rotatable bonds is 5. The highest BCUT2D eigenvalue weighted by molar-refractivity contribution is 7.89. The number of nitriles is 1. The minimum atomic E-state index is -3.71. The molecular formula is C18H16N4O2S. The summed E-state index contributed by atoms with van der Waals surface area (Å²) in [6.07, 6.45) is 5.23. The van der Waals surface area contributed by atoms with Gasteiger partial charge in [0.1, 0.15) is 0 Å². The summed E-state index contributed by atoms with van der Waals surface area (Å²) in [6, 6.07) is 15.0. The number of hydrogen-bond acceptors (Lipinski definition) is 4. The lowest BCUT2D eigenvalue weighted by molar-refractivity contribution is 0.567. The van der Waals surface area contributed by atoms with Gasteiger partial charge >= 0.3 is 0 Å². The minimum Gasteiger partial charge on any atom is -0.306 e. The van der Waals surface area contributed by atoms with Crippen molar-refractivity contribution in [2.75, 3.05) is 0 Å². The van der Waals surface area contributed by atoms with Crippen LogP contribution in [-0.4, -0.2) is 18.0 Å². The maximum atomic E-state index is 12.5. The highest BCUT2D eigenvalue weighted by atomic mass is 32.2. The van der Waals surface area contributed by atoms with Crippen LogP contribution < -0.4 is 4.72 Å². The van der Waals surface area contributed by atoms with Gasteiger partial charge < -0.3 is 4.57 Å². The Bertz CT molecular complexity index is 1000. The Kier molecular flexibility index (Phi) is 4.65. The van der Waals surface area contributed by atoms with Crippen molar-refractivity contribution in [2.24, 2.45) is 0 Å². The first-order chi connectivity index (χ1) is 12.0. The van der Waals surface area contributed by atoms with E-state index < -0.39 is 16.1 Å². The number of nitrogens with one attached hydrogen (secondary N) is 1. The highest BCUT2D eigenvalue weighted by Crippen LogP contribution is 2.19. The summed E-state index contributed by atoms with van der Waals surface area (Å²) in [5.74, 6) is 0. The second kappa shape index (κ2) is 6.89. The molecule has 2 aromatic carbocycles. The van der Waals surface area contributed by atoms with E-state index in [0.717, 1.165) is 11.3 Å². The maximum absolute atomic E-state index is 12.5. The third-order valence-corrected chi connectivity index (χ3v) is 5.34. The van der Waals surface area contributed by atoms with Gasteiger partial charge in [-0.25, -0.2) is 18.1 Å². The van der Waals surface area contributed by atoms with E-state index in [1.165, 1.54) is 12.1 Å². The molecule has 1 atom stereocenters. The van der Waals surface area contributed by atoms with Crippen LogP contribution in [0.15, 0.2) is 72.1 Å². The van der Waals surface area contributed by atoms with Gasteiger partial charge in [0, 0.05) is 24.1 Å². The predicted octanol–water partition coefficient (Wildman–Crippen LogP) is 2.78. The number of aromatic nitrogens is 2. The zero-order valence-corrected chi connectivity index (χ0v) is 14.3. The Labute approximate surface area is 146 Å². The Balaban J connectivity index is 1.79. The molecule has 1 N–H and O–H groups in total. The summed E-state index contributed by atoms with van der Waals surface area (Å²) in [5, 5.41) is 8.92. The quantitative estimate of drug-likeness (QED) is 0.765. The molecule has 0 aliphatic rings. The summed E-state index contributed by atoms with van der Waals surface area (Å²) in [4.78, 5) is 4.08. The van der Waals surface area contributed by atoms with E-state index >= 15 is 0 Å². The Hall–Kier alpha value is -2.95. The van der Waals surface area contributed by atoms with Crippen LogP contribution in [0, 0.1) is 11.3 Å². The van der Waals surface area contributed by atoms with Crippen molar-refractivity contribution in [3.8, 4) is 11.8 Å². The summed E-state index contributed by atoms with van der Waals surface area (Å²) >= 11 is 0. The number of benzene rings is 2. The van der Waals surface area contributed by atoms with Crippen LogP contribution in [0.1, 0.15) is 24.1 Å². The molecule has 25 heavy (non-hydrogen) atoms. The van der Waals surface area contributed by atoms with Gasteiger partial charge in [0.15, 0.2) is 0 Å². The smallest absolute Gasteiger partial charge is 0.241 e. The van der Waals surface area contributed by atoms with E-state index in [0.29, 0.717) is 5.56 Å². The van der Waals surface area contributed by atoms with Crippen molar-refractivity contribution in [3.05, 3.63) is 78.4 Å². The molecule has 0 unspecified atom stereocenters. The Morgan fingerprint density at radius 3 is 2.60 bits per heavy atom. The van der Waals surface area contributed by atoms with Crippen molar-refractivity contribution >= 4 is 10.0 Å². The summed E-state index contributed by atoms with van der Waals surface area (Å²) in [6.45, 7) is 1.78. The first kappa shape index (κ1) is 16.9. The topological polar surface area (TPSA) is 87.8 Å². The average molecular weight is 352 g/mol. The third kappa shape index (κ3) is 3.76. The van der Waals surface area contributed by atoms with E-state index in [1.54, 1.807) is 31.6 Å². The summed E-state index contributed by atoms with van der Waals surface area (Å²) in [7, 11) is -3.71. The number of nitrogens with zero attached hydrogens (tertiary/aromatic N) is 3. The van der Waals surface area contributed by atoms with Crippen LogP contribution in [0.4, 0.5) is 0 Å². The minimum absolute atomic E-state index is 0.0773. The second-order valence-corrected chi connectivity index (χ2v) is 7.26. The Morgan fingerprint density at radius 1 is 1.20 bits per heavy atom. The van der Waals surface area contributed by atoms with Crippen molar-refractivity contribution in [1.82, 2.24) is 14.3 Å². The summed E-state index contributed by atoms with van der Waals surface area (Å²) in [5.41, 5.74) is 2.09. The van der Waals surface area contributed by atoms with Gasteiger partial charge in [-0.3, -0.25) is 0 Å². The van der Waals surface area contributed by atoms with E-state index in [4.69, 9.17) is 5.26 Å². The first-order valence-corrected chi connectivity index (χ1v) is 9.09. The van der Waals surface area contributed by atoms with Gasteiger partial charge in [-0.2, -0.15) is 5.26 Å². The molecule has 1 heterocycles. The fourth-order valence-corrected chi connectivity index (χ4v) is 3.73. The van der Waals surface area contributed by atoms with Crippen LogP contribution in [-0.2, 0) is 10.0 Å². The molecule has 0 amide bonds. The van der Waals surface area contributed by atoms with Crippen molar-refractivity contribution in [2.45, 2.75) is 17.9 Å². The van der Waals surface area contributed by atoms with Gasteiger partial charge in [0.25, 0.3) is 0 Å². The van der Waals surface area contributed by atoms with Crippen LogP contribution in [0.2, 0.25) is 0 Å². The molecule has 1 aromatic heterocycles. The van der Waals surface area contributed by atoms with E-state index in [-0.39, 0.29) is 4.90 Å². The van der Waals surface area contributed by atoms with Gasteiger partial charge in [-0.15, -0.1) is 0 Å². The Morgan fingerprint density at radius 2 is 1.96 bits per heavy atom. The van der Waals surface area contributed by atoms with Crippen LogP contribution >= 0.6 is 0 Å². The summed E-state index contributed by atoms with van der Waals surface area (Å²) < 4.78 is 29.5. The third-order valence-electron chi connectivity index (χ3n) is 3.80. The van der Waals surface area contributed by atoms with Crippen LogP contribution in [0.25, 0.3) is 5.69 Å². The van der Waals surface area contributed by atoms with Gasteiger partial charge in [0.05, 0.1) is 22.9 Å². The van der Waals surface area contributed by atoms with Gasteiger partial charge in [-0.1, -0.05) is 18.2 Å². The molecule has 0 aliphatic carbocycles. The molecular weight excluding hydrogens is 336 g/mol. The van der Waals surface area contributed by atoms with Crippen molar-refractivity contribution in [1.29, 1.82) is 5.26 Å². The highest BCUT2D eigenvalue weighted by Gasteiger charge is 2.18. The molecule has 7 heteroatoms. The zero-order chi connectivity index (χ0) is 17.9. The van der Waals surface area contributed by atoms with Gasteiger partial charge in [-0.05, 0) is 42.8 Å². The molecule has 3 rings (SSSR count). The molecule has 3 aromatic rings. The maximum Gasteiger partial charge on any atom is 0.241 e. The molecule has 0 saturated carbocycles.